The summed E-state index contributed by atoms with van der Waals surface area (Å²) in [5, 5.41) is 3.88. The van der Waals surface area contributed by atoms with Gasteiger partial charge in [0, 0.05) is 18.5 Å². The summed E-state index contributed by atoms with van der Waals surface area (Å²) in [4.78, 5) is 26.7. The van der Waals surface area contributed by atoms with Crippen LogP contribution in [0.25, 0.3) is 10.9 Å². The zero-order chi connectivity index (χ0) is 15.2. The average molecular weight is 286 g/mol. The standard InChI is InChI=1S/C17H22N2O2/c1-3-4-10-18-15(20)9-8-14-11-13-7-5-6-12(2)16(13)19-17(14)21/h5-7,11H,3-4,8-10H2,1-2H3,(H,18,20)(H,19,21). The molecule has 0 aliphatic carbocycles. The van der Waals surface area contributed by atoms with Crippen LogP contribution in [0.4, 0.5) is 0 Å². The number of carbonyl (C=O) groups is 1. The summed E-state index contributed by atoms with van der Waals surface area (Å²) in [6, 6.07) is 7.81. The first-order chi connectivity index (χ1) is 10.1. The molecular weight excluding hydrogens is 264 g/mol. The van der Waals surface area contributed by atoms with E-state index in [1.165, 1.54) is 0 Å². The van der Waals surface area contributed by atoms with E-state index in [4.69, 9.17) is 0 Å². The molecule has 1 heterocycles. The van der Waals surface area contributed by atoms with Crippen molar-refractivity contribution in [3.8, 4) is 0 Å². The van der Waals surface area contributed by atoms with Crippen LogP contribution >= 0.6 is 0 Å². The van der Waals surface area contributed by atoms with E-state index in [1.807, 2.05) is 31.2 Å². The van der Waals surface area contributed by atoms with Crippen LogP contribution in [0.15, 0.2) is 29.1 Å². The summed E-state index contributed by atoms with van der Waals surface area (Å²) in [6.07, 6.45) is 2.87. The fraction of sp³-hybridized carbons (Fsp3) is 0.412. The fourth-order valence-electron chi connectivity index (χ4n) is 2.36. The van der Waals surface area contributed by atoms with Gasteiger partial charge in [-0.15, -0.1) is 0 Å². The fourth-order valence-corrected chi connectivity index (χ4v) is 2.36. The van der Waals surface area contributed by atoms with Crippen LogP contribution in [-0.4, -0.2) is 17.4 Å². The minimum atomic E-state index is -0.0989. The van der Waals surface area contributed by atoms with Crippen LogP contribution in [0.2, 0.25) is 0 Å². The number of rotatable bonds is 6. The van der Waals surface area contributed by atoms with Crippen molar-refractivity contribution < 1.29 is 4.79 Å². The van der Waals surface area contributed by atoms with Gasteiger partial charge in [0.25, 0.3) is 5.56 Å². The predicted octanol–water partition coefficient (Wildman–Crippen LogP) is 2.69. The summed E-state index contributed by atoms with van der Waals surface area (Å²) in [5.74, 6) is 0.00666. The third-order valence-electron chi connectivity index (χ3n) is 3.64. The normalized spacial score (nSPS) is 10.8. The summed E-state index contributed by atoms with van der Waals surface area (Å²) in [6.45, 7) is 4.77. The Balaban J connectivity index is 2.07. The molecule has 0 unspecified atom stereocenters. The lowest BCUT2D eigenvalue weighted by molar-refractivity contribution is -0.121. The first kappa shape index (κ1) is 15.3. The third kappa shape index (κ3) is 3.94. The van der Waals surface area contributed by atoms with Crippen molar-refractivity contribution in [1.82, 2.24) is 10.3 Å². The number of hydrogen-bond donors (Lipinski definition) is 2. The van der Waals surface area contributed by atoms with Gasteiger partial charge in [0.05, 0.1) is 5.52 Å². The SMILES string of the molecule is CCCCNC(=O)CCc1cc2cccc(C)c2[nH]c1=O. The van der Waals surface area contributed by atoms with Gasteiger partial charge in [-0.2, -0.15) is 0 Å². The van der Waals surface area contributed by atoms with Gasteiger partial charge in [-0.05, 0) is 36.8 Å². The Morgan fingerprint density at radius 1 is 1.33 bits per heavy atom. The molecular formula is C17H22N2O2. The number of unbranched alkanes of at least 4 members (excludes halogenated alkanes) is 1. The topological polar surface area (TPSA) is 62.0 Å². The molecule has 112 valence electrons. The maximum absolute atomic E-state index is 12.1. The molecule has 21 heavy (non-hydrogen) atoms. The lowest BCUT2D eigenvalue weighted by Crippen LogP contribution is -2.25. The van der Waals surface area contributed by atoms with Crippen molar-refractivity contribution in [3.63, 3.8) is 0 Å². The summed E-state index contributed by atoms with van der Waals surface area (Å²) in [7, 11) is 0. The molecule has 0 bridgehead atoms. The average Bonchev–Trinajstić information content (AvgIpc) is 2.46. The monoisotopic (exact) mass is 286 g/mol. The van der Waals surface area contributed by atoms with Crippen LogP contribution in [0, 0.1) is 6.92 Å². The highest BCUT2D eigenvalue weighted by molar-refractivity contribution is 5.82. The smallest absolute Gasteiger partial charge is 0.251 e. The molecule has 1 aromatic carbocycles. The second kappa shape index (κ2) is 7.07. The van der Waals surface area contributed by atoms with Gasteiger partial charge >= 0.3 is 0 Å². The lowest BCUT2D eigenvalue weighted by atomic mass is 10.1. The van der Waals surface area contributed by atoms with E-state index in [0.717, 1.165) is 29.3 Å². The molecule has 4 nitrogen and oxygen atoms in total. The van der Waals surface area contributed by atoms with Crippen LogP contribution < -0.4 is 10.9 Å². The molecule has 0 radical (unpaired) electrons. The molecule has 0 saturated heterocycles. The van der Waals surface area contributed by atoms with E-state index in [0.29, 0.717) is 24.9 Å². The molecule has 4 heteroatoms. The first-order valence-corrected chi connectivity index (χ1v) is 7.50. The maximum Gasteiger partial charge on any atom is 0.251 e. The number of fused-ring (bicyclic) bond motifs is 1. The molecule has 0 atom stereocenters. The maximum atomic E-state index is 12.1. The number of amides is 1. The zero-order valence-electron chi connectivity index (χ0n) is 12.7. The van der Waals surface area contributed by atoms with E-state index >= 15 is 0 Å². The number of H-pyrrole nitrogens is 1. The number of aryl methyl sites for hydroxylation is 2. The highest BCUT2D eigenvalue weighted by atomic mass is 16.1. The molecule has 0 saturated carbocycles. The number of hydrogen-bond acceptors (Lipinski definition) is 2. The number of pyridine rings is 1. The van der Waals surface area contributed by atoms with E-state index in [2.05, 4.69) is 17.2 Å². The molecule has 1 aromatic heterocycles. The Morgan fingerprint density at radius 3 is 2.90 bits per heavy atom. The number of aromatic nitrogens is 1. The Hall–Kier alpha value is -2.10. The van der Waals surface area contributed by atoms with Crippen molar-refractivity contribution in [3.05, 3.63) is 45.7 Å². The molecule has 0 aliphatic heterocycles. The van der Waals surface area contributed by atoms with E-state index < -0.39 is 0 Å². The summed E-state index contributed by atoms with van der Waals surface area (Å²) < 4.78 is 0. The third-order valence-corrected chi connectivity index (χ3v) is 3.64. The molecule has 1 amide bonds. The lowest BCUT2D eigenvalue weighted by Gasteiger charge is -2.06. The quantitative estimate of drug-likeness (QED) is 0.802. The van der Waals surface area contributed by atoms with Gasteiger partial charge in [0.2, 0.25) is 5.91 Å². The van der Waals surface area contributed by atoms with Crippen LogP contribution in [0.1, 0.15) is 37.3 Å². The van der Waals surface area contributed by atoms with Gasteiger partial charge in [0.15, 0.2) is 0 Å². The predicted molar refractivity (Wildman–Crippen MR) is 85.5 cm³/mol. The van der Waals surface area contributed by atoms with E-state index in [-0.39, 0.29) is 11.5 Å². The highest BCUT2D eigenvalue weighted by Crippen LogP contribution is 2.15. The van der Waals surface area contributed by atoms with Gasteiger partial charge in [0.1, 0.15) is 0 Å². The van der Waals surface area contributed by atoms with Crippen LogP contribution in [0.5, 0.6) is 0 Å². The van der Waals surface area contributed by atoms with Crippen molar-refractivity contribution in [1.29, 1.82) is 0 Å². The number of carbonyl (C=O) groups excluding carboxylic acids is 1. The second-order valence-corrected chi connectivity index (χ2v) is 5.37. The molecule has 0 fully saturated rings. The molecule has 2 N–H and O–H groups in total. The van der Waals surface area contributed by atoms with E-state index in [9.17, 15) is 9.59 Å². The Morgan fingerprint density at radius 2 is 2.14 bits per heavy atom. The Bertz CT molecular complexity index is 689. The number of benzene rings is 1. The van der Waals surface area contributed by atoms with Crippen molar-refractivity contribution >= 4 is 16.8 Å². The van der Waals surface area contributed by atoms with Crippen molar-refractivity contribution in [2.24, 2.45) is 0 Å². The van der Waals surface area contributed by atoms with Gasteiger partial charge < -0.3 is 10.3 Å². The number of para-hydroxylation sites is 1. The Kier molecular flexibility index (Phi) is 5.14. The molecule has 0 aliphatic rings. The zero-order valence-corrected chi connectivity index (χ0v) is 12.7. The highest BCUT2D eigenvalue weighted by Gasteiger charge is 2.07. The first-order valence-electron chi connectivity index (χ1n) is 7.50. The van der Waals surface area contributed by atoms with Crippen LogP contribution in [-0.2, 0) is 11.2 Å². The van der Waals surface area contributed by atoms with Gasteiger partial charge in [-0.1, -0.05) is 31.5 Å². The minimum Gasteiger partial charge on any atom is -0.356 e. The molecule has 2 aromatic rings. The largest absolute Gasteiger partial charge is 0.356 e. The summed E-state index contributed by atoms with van der Waals surface area (Å²) >= 11 is 0. The van der Waals surface area contributed by atoms with Crippen LogP contribution in [0.3, 0.4) is 0 Å². The van der Waals surface area contributed by atoms with Crippen molar-refractivity contribution in [2.45, 2.75) is 39.5 Å². The molecule has 2 rings (SSSR count). The Labute approximate surface area is 124 Å². The summed E-state index contributed by atoms with van der Waals surface area (Å²) in [5.41, 5.74) is 2.49. The van der Waals surface area contributed by atoms with E-state index in [1.54, 1.807) is 0 Å². The van der Waals surface area contributed by atoms with Gasteiger partial charge in [-0.25, -0.2) is 0 Å². The molecule has 0 spiro atoms. The number of nitrogens with one attached hydrogen (secondary N) is 2. The number of aromatic amines is 1. The van der Waals surface area contributed by atoms with Crippen molar-refractivity contribution in [2.75, 3.05) is 6.54 Å². The second-order valence-electron chi connectivity index (χ2n) is 5.37. The van der Waals surface area contributed by atoms with Gasteiger partial charge in [-0.3, -0.25) is 9.59 Å². The minimum absolute atomic E-state index is 0.00666.